The number of carbonyl (C=O) groups is 1. The summed E-state index contributed by atoms with van der Waals surface area (Å²) in [6, 6.07) is 12.6. The molecule has 0 unspecified atom stereocenters. The van der Waals surface area contributed by atoms with E-state index in [9.17, 15) is 4.79 Å². The molecule has 6 nitrogen and oxygen atoms in total. The van der Waals surface area contributed by atoms with E-state index < -0.39 is 5.91 Å². The van der Waals surface area contributed by atoms with Gasteiger partial charge in [-0.1, -0.05) is 0 Å². The first-order valence-corrected chi connectivity index (χ1v) is 7.13. The average molecular weight is 311 g/mol. The number of nitrogens with zero attached hydrogens (tertiary/aromatic N) is 1. The van der Waals surface area contributed by atoms with Crippen LogP contribution in [-0.4, -0.2) is 12.5 Å². The Bertz CT molecular complexity index is 698. The van der Waals surface area contributed by atoms with E-state index in [4.69, 9.17) is 14.4 Å². The van der Waals surface area contributed by atoms with Crippen molar-refractivity contribution >= 4 is 11.6 Å². The van der Waals surface area contributed by atoms with Gasteiger partial charge in [-0.25, -0.2) is 0 Å². The van der Waals surface area contributed by atoms with E-state index >= 15 is 0 Å². The minimum absolute atomic E-state index is 0.0227. The van der Waals surface area contributed by atoms with Gasteiger partial charge in [0.15, 0.2) is 0 Å². The molecule has 6 heteroatoms. The number of furan rings is 1. The van der Waals surface area contributed by atoms with Gasteiger partial charge >= 0.3 is 0 Å². The van der Waals surface area contributed by atoms with Gasteiger partial charge in [0.1, 0.15) is 23.2 Å². The number of ether oxygens (including phenoxy) is 1. The van der Waals surface area contributed by atoms with Gasteiger partial charge in [-0.15, -0.1) is 0 Å². The summed E-state index contributed by atoms with van der Waals surface area (Å²) in [5.41, 5.74) is 0.727. The highest BCUT2D eigenvalue weighted by Crippen LogP contribution is 2.15. The van der Waals surface area contributed by atoms with Crippen LogP contribution in [0.5, 0.6) is 5.75 Å². The molecular weight excluding hydrogens is 294 g/mol. The first-order valence-electron chi connectivity index (χ1n) is 7.13. The predicted octanol–water partition coefficient (Wildman–Crippen LogP) is 2.81. The fraction of sp³-hybridized carbons (Fsp3) is 0.176. The van der Waals surface area contributed by atoms with E-state index in [-0.39, 0.29) is 12.1 Å². The van der Waals surface area contributed by atoms with Gasteiger partial charge in [-0.2, -0.15) is 5.26 Å². The van der Waals surface area contributed by atoms with Crippen molar-refractivity contribution in [2.75, 3.05) is 11.9 Å². The molecule has 2 N–H and O–H groups in total. The normalized spacial score (nSPS) is 10.7. The SMILES string of the molecule is CCOc1ccc(N/C=C(/C#N)C(=O)NCc2ccco2)cc1. The Hall–Kier alpha value is -3.20. The molecule has 118 valence electrons. The van der Waals surface area contributed by atoms with Crippen LogP contribution in [-0.2, 0) is 11.3 Å². The molecule has 1 heterocycles. The zero-order valence-corrected chi connectivity index (χ0v) is 12.7. The second kappa shape index (κ2) is 8.29. The highest BCUT2D eigenvalue weighted by molar-refractivity contribution is 5.97. The largest absolute Gasteiger partial charge is 0.494 e. The van der Waals surface area contributed by atoms with Gasteiger partial charge in [-0.3, -0.25) is 4.79 Å². The van der Waals surface area contributed by atoms with Crippen LogP contribution < -0.4 is 15.4 Å². The lowest BCUT2D eigenvalue weighted by molar-refractivity contribution is -0.117. The van der Waals surface area contributed by atoms with Crippen molar-refractivity contribution in [1.82, 2.24) is 5.32 Å². The molecule has 1 aromatic carbocycles. The Morgan fingerprint density at radius 1 is 1.35 bits per heavy atom. The Morgan fingerprint density at radius 2 is 2.13 bits per heavy atom. The lowest BCUT2D eigenvalue weighted by Crippen LogP contribution is -2.24. The molecule has 0 aliphatic rings. The quantitative estimate of drug-likeness (QED) is 0.606. The van der Waals surface area contributed by atoms with E-state index in [0.717, 1.165) is 11.4 Å². The Balaban J connectivity index is 1.92. The summed E-state index contributed by atoms with van der Waals surface area (Å²) in [6.45, 7) is 2.74. The van der Waals surface area contributed by atoms with Crippen LogP contribution in [0.1, 0.15) is 12.7 Å². The summed E-state index contributed by atoms with van der Waals surface area (Å²) in [7, 11) is 0. The molecule has 23 heavy (non-hydrogen) atoms. The summed E-state index contributed by atoms with van der Waals surface area (Å²) >= 11 is 0. The highest BCUT2D eigenvalue weighted by atomic mass is 16.5. The molecule has 0 fully saturated rings. The Morgan fingerprint density at radius 3 is 2.74 bits per heavy atom. The minimum atomic E-state index is -0.470. The number of amides is 1. The third-order valence-corrected chi connectivity index (χ3v) is 2.92. The molecule has 0 aliphatic carbocycles. The first-order chi connectivity index (χ1) is 11.2. The fourth-order valence-electron chi connectivity index (χ4n) is 1.79. The maximum atomic E-state index is 11.9. The van der Waals surface area contributed by atoms with Gasteiger partial charge in [0.25, 0.3) is 5.91 Å². The summed E-state index contributed by atoms with van der Waals surface area (Å²) < 4.78 is 10.5. The molecule has 0 radical (unpaired) electrons. The van der Waals surface area contributed by atoms with E-state index in [1.807, 2.05) is 25.1 Å². The number of nitrogens with one attached hydrogen (secondary N) is 2. The molecular formula is C17H17N3O3. The van der Waals surface area contributed by atoms with E-state index in [1.54, 1.807) is 24.3 Å². The number of carbonyl (C=O) groups excluding carboxylic acids is 1. The third-order valence-electron chi connectivity index (χ3n) is 2.92. The molecule has 2 rings (SSSR count). The van der Waals surface area contributed by atoms with Crippen LogP contribution in [0.2, 0.25) is 0 Å². The standard InChI is InChI=1S/C17H17N3O3/c1-2-22-15-7-5-14(6-8-15)19-11-13(10-18)17(21)20-12-16-4-3-9-23-16/h3-9,11,19H,2,12H2,1H3,(H,20,21)/b13-11-. The van der Waals surface area contributed by atoms with Gasteiger partial charge in [0.05, 0.1) is 19.4 Å². The molecule has 0 spiro atoms. The van der Waals surface area contributed by atoms with E-state index in [2.05, 4.69) is 10.6 Å². The summed E-state index contributed by atoms with van der Waals surface area (Å²) in [4.78, 5) is 11.9. The number of hydrogen-bond acceptors (Lipinski definition) is 5. The number of benzene rings is 1. The van der Waals surface area contributed by atoms with Crippen LogP contribution >= 0.6 is 0 Å². The summed E-state index contributed by atoms with van der Waals surface area (Å²) in [5, 5.41) is 14.6. The zero-order chi connectivity index (χ0) is 16.5. The van der Waals surface area contributed by atoms with Crippen molar-refractivity contribution < 1.29 is 13.9 Å². The highest BCUT2D eigenvalue weighted by Gasteiger charge is 2.09. The summed E-state index contributed by atoms with van der Waals surface area (Å²) in [6.07, 6.45) is 2.89. The van der Waals surface area contributed by atoms with E-state index in [0.29, 0.717) is 12.4 Å². The lowest BCUT2D eigenvalue weighted by Gasteiger charge is -2.06. The minimum Gasteiger partial charge on any atom is -0.494 e. The van der Waals surface area contributed by atoms with Crippen molar-refractivity contribution in [3.05, 3.63) is 60.2 Å². The van der Waals surface area contributed by atoms with Crippen LogP contribution in [0.3, 0.4) is 0 Å². The molecule has 0 saturated heterocycles. The topological polar surface area (TPSA) is 87.3 Å². The van der Waals surface area contributed by atoms with Crippen molar-refractivity contribution in [2.24, 2.45) is 0 Å². The zero-order valence-electron chi connectivity index (χ0n) is 12.7. The maximum absolute atomic E-state index is 11.9. The van der Waals surface area contributed by atoms with Gasteiger partial charge in [0, 0.05) is 11.9 Å². The van der Waals surface area contributed by atoms with Gasteiger partial charge in [-0.05, 0) is 43.3 Å². The molecule has 0 saturated carbocycles. The van der Waals surface area contributed by atoms with Crippen LogP contribution in [0.25, 0.3) is 0 Å². The van der Waals surface area contributed by atoms with Crippen LogP contribution in [0, 0.1) is 11.3 Å². The summed E-state index contributed by atoms with van der Waals surface area (Å²) in [5.74, 6) is 0.913. The number of nitriles is 1. The van der Waals surface area contributed by atoms with Gasteiger partial charge < -0.3 is 19.8 Å². The first kappa shape index (κ1) is 16.2. The molecule has 1 aromatic heterocycles. The van der Waals surface area contributed by atoms with E-state index in [1.165, 1.54) is 12.5 Å². The molecule has 2 aromatic rings. The van der Waals surface area contributed by atoms with Crippen LogP contribution in [0.4, 0.5) is 5.69 Å². The van der Waals surface area contributed by atoms with Crippen molar-refractivity contribution in [3.63, 3.8) is 0 Å². The van der Waals surface area contributed by atoms with Gasteiger partial charge in [0.2, 0.25) is 0 Å². The monoisotopic (exact) mass is 311 g/mol. The smallest absolute Gasteiger partial charge is 0.263 e. The maximum Gasteiger partial charge on any atom is 0.263 e. The van der Waals surface area contributed by atoms with Crippen LogP contribution in [0.15, 0.2) is 58.9 Å². The third kappa shape index (κ3) is 4.93. The predicted molar refractivity (Wildman–Crippen MR) is 85.5 cm³/mol. The number of rotatable bonds is 7. The second-order valence-electron chi connectivity index (χ2n) is 4.53. The van der Waals surface area contributed by atoms with Crippen molar-refractivity contribution in [3.8, 4) is 11.8 Å². The van der Waals surface area contributed by atoms with Crippen molar-refractivity contribution in [1.29, 1.82) is 5.26 Å². The molecule has 0 aliphatic heterocycles. The molecule has 0 bridgehead atoms. The fourth-order valence-corrected chi connectivity index (χ4v) is 1.79. The second-order valence-corrected chi connectivity index (χ2v) is 4.53. The lowest BCUT2D eigenvalue weighted by atomic mass is 10.2. The average Bonchev–Trinajstić information content (AvgIpc) is 3.09. The molecule has 0 atom stereocenters. The van der Waals surface area contributed by atoms with Crippen molar-refractivity contribution in [2.45, 2.75) is 13.5 Å². The molecule has 1 amide bonds. The number of anilines is 1. The Kier molecular flexibility index (Phi) is 5.83. The number of hydrogen-bond donors (Lipinski definition) is 2. The Labute approximate surface area is 134 Å².